The maximum Gasteiger partial charge on any atom is 0.251 e. The lowest BCUT2D eigenvalue weighted by Crippen LogP contribution is -2.48. The highest BCUT2D eigenvalue weighted by Gasteiger charge is 2.34. The molecule has 3 heterocycles. The van der Waals surface area contributed by atoms with E-state index in [2.05, 4.69) is 10.6 Å². The second-order valence-electron chi connectivity index (χ2n) is 7.25. The maximum absolute atomic E-state index is 12.5. The average Bonchev–Trinajstić information content (AvgIpc) is 3.23. The van der Waals surface area contributed by atoms with Crippen molar-refractivity contribution >= 4 is 18.3 Å². The molecular formula is C19H27ClN2O3. The first-order valence-corrected chi connectivity index (χ1v) is 9.17. The van der Waals surface area contributed by atoms with E-state index in [0.29, 0.717) is 24.3 Å². The van der Waals surface area contributed by atoms with Crippen molar-refractivity contribution in [3.05, 3.63) is 29.8 Å². The van der Waals surface area contributed by atoms with Gasteiger partial charge in [0.1, 0.15) is 12.4 Å². The van der Waals surface area contributed by atoms with E-state index < -0.39 is 0 Å². The number of hydrogen-bond acceptors (Lipinski definition) is 4. The van der Waals surface area contributed by atoms with E-state index in [1.54, 1.807) is 0 Å². The molecule has 3 aliphatic heterocycles. The SMILES string of the molecule is Cl.O=C(NC1CC2CCC(C1)N2)c1cccc(OCC2CCCO2)c1. The molecule has 2 bridgehead atoms. The number of carbonyl (C=O) groups is 1. The Morgan fingerprint density at radius 2 is 2.04 bits per heavy atom. The van der Waals surface area contributed by atoms with Crippen molar-refractivity contribution in [3.8, 4) is 5.75 Å². The fourth-order valence-electron chi connectivity index (χ4n) is 4.14. The summed E-state index contributed by atoms with van der Waals surface area (Å²) in [6.45, 7) is 1.39. The molecule has 0 aromatic heterocycles. The molecule has 3 unspecified atom stereocenters. The summed E-state index contributed by atoms with van der Waals surface area (Å²) >= 11 is 0. The Balaban J connectivity index is 0.00000182. The summed E-state index contributed by atoms with van der Waals surface area (Å²) in [6.07, 6.45) is 6.90. The van der Waals surface area contributed by atoms with Gasteiger partial charge < -0.3 is 20.1 Å². The molecule has 6 heteroatoms. The fourth-order valence-corrected chi connectivity index (χ4v) is 4.14. The van der Waals surface area contributed by atoms with Gasteiger partial charge in [-0.25, -0.2) is 0 Å². The van der Waals surface area contributed by atoms with Crippen molar-refractivity contribution in [2.75, 3.05) is 13.2 Å². The first-order valence-electron chi connectivity index (χ1n) is 9.17. The fraction of sp³-hybridized carbons (Fsp3) is 0.632. The first-order chi connectivity index (χ1) is 11.8. The molecule has 2 N–H and O–H groups in total. The van der Waals surface area contributed by atoms with Crippen LogP contribution in [-0.4, -0.2) is 43.4 Å². The number of halogens is 1. The van der Waals surface area contributed by atoms with Crippen LogP contribution in [0.4, 0.5) is 0 Å². The zero-order valence-electron chi connectivity index (χ0n) is 14.4. The molecule has 25 heavy (non-hydrogen) atoms. The van der Waals surface area contributed by atoms with Gasteiger partial charge in [0.15, 0.2) is 0 Å². The van der Waals surface area contributed by atoms with Gasteiger partial charge in [0.2, 0.25) is 0 Å². The molecule has 0 aliphatic carbocycles. The van der Waals surface area contributed by atoms with Crippen LogP contribution in [0.5, 0.6) is 5.75 Å². The Morgan fingerprint density at radius 1 is 1.24 bits per heavy atom. The van der Waals surface area contributed by atoms with Gasteiger partial charge >= 0.3 is 0 Å². The van der Waals surface area contributed by atoms with Crippen LogP contribution in [-0.2, 0) is 4.74 Å². The van der Waals surface area contributed by atoms with Crippen molar-refractivity contribution < 1.29 is 14.3 Å². The predicted molar refractivity (Wildman–Crippen MR) is 98.6 cm³/mol. The topological polar surface area (TPSA) is 59.6 Å². The Bertz CT molecular complexity index is 580. The van der Waals surface area contributed by atoms with Crippen molar-refractivity contribution in [2.24, 2.45) is 0 Å². The van der Waals surface area contributed by atoms with E-state index in [0.717, 1.165) is 38.0 Å². The van der Waals surface area contributed by atoms with Gasteiger partial charge in [-0.3, -0.25) is 4.79 Å². The molecule has 3 fully saturated rings. The van der Waals surface area contributed by atoms with Gasteiger partial charge in [0.25, 0.3) is 5.91 Å². The Hall–Kier alpha value is -1.30. The lowest BCUT2D eigenvalue weighted by atomic mass is 9.99. The molecule has 3 aliphatic rings. The normalized spacial score (nSPS) is 30.6. The molecule has 3 saturated heterocycles. The Morgan fingerprint density at radius 3 is 2.76 bits per heavy atom. The lowest BCUT2D eigenvalue weighted by molar-refractivity contribution is 0.0679. The smallest absolute Gasteiger partial charge is 0.251 e. The third-order valence-corrected chi connectivity index (χ3v) is 5.36. The number of ether oxygens (including phenoxy) is 2. The average molecular weight is 367 g/mol. The number of piperidine rings is 1. The summed E-state index contributed by atoms with van der Waals surface area (Å²) in [6, 6.07) is 8.91. The van der Waals surface area contributed by atoms with Crippen LogP contribution in [0.25, 0.3) is 0 Å². The second kappa shape index (κ2) is 8.39. The molecule has 1 aromatic carbocycles. The van der Waals surface area contributed by atoms with Gasteiger partial charge in [-0.15, -0.1) is 12.4 Å². The van der Waals surface area contributed by atoms with Crippen LogP contribution >= 0.6 is 12.4 Å². The quantitative estimate of drug-likeness (QED) is 0.841. The number of nitrogens with one attached hydrogen (secondary N) is 2. The largest absolute Gasteiger partial charge is 0.491 e. The summed E-state index contributed by atoms with van der Waals surface area (Å²) in [4.78, 5) is 12.5. The molecule has 1 amide bonds. The first kappa shape index (κ1) is 18.5. The number of fused-ring (bicyclic) bond motifs is 2. The van der Waals surface area contributed by atoms with Crippen LogP contribution in [0, 0.1) is 0 Å². The van der Waals surface area contributed by atoms with Crippen molar-refractivity contribution in [2.45, 2.75) is 62.8 Å². The standard InChI is InChI=1S/C19H26N2O3.ClH/c22-19(21-16-10-14-6-7-15(11-16)20-14)13-3-1-4-17(9-13)24-12-18-5-2-8-23-18;/h1,3-4,9,14-16,18,20H,2,5-8,10-12H2,(H,21,22);1H. The number of hydrogen-bond donors (Lipinski definition) is 2. The molecule has 138 valence electrons. The summed E-state index contributed by atoms with van der Waals surface area (Å²) in [5, 5.41) is 6.80. The molecule has 5 nitrogen and oxygen atoms in total. The predicted octanol–water partition coefficient (Wildman–Crippen LogP) is 2.68. The van der Waals surface area contributed by atoms with E-state index >= 15 is 0 Å². The number of rotatable bonds is 5. The molecule has 4 rings (SSSR count). The minimum Gasteiger partial charge on any atom is -0.491 e. The van der Waals surface area contributed by atoms with Gasteiger partial charge in [0.05, 0.1) is 6.10 Å². The summed E-state index contributed by atoms with van der Waals surface area (Å²) in [5.74, 6) is 0.743. The Labute approximate surface area is 155 Å². The summed E-state index contributed by atoms with van der Waals surface area (Å²) in [7, 11) is 0. The minimum atomic E-state index is 0. The summed E-state index contributed by atoms with van der Waals surface area (Å²) < 4.78 is 11.4. The van der Waals surface area contributed by atoms with E-state index in [1.807, 2.05) is 24.3 Å². The molecule has 0 saturated carbocycles. The third-order valence-electron chi connectivity index (χ3n) is 5.36. The highest BCUT2D eigenvalue weighted by Crippen LogP contribution is 2.27. The van der Waals surface area contributed by atoms with E-state index in [9.17, 15) is 4.79 Å². The number of amides is 1. The third kappa shape index (κ3) is 4.66. The molecule has 0 spiro atoms. The summed E-state index contributed by atoms with van der Waals surface area (Å²) in [5.41, 5.74) is 0.672. The maximum atomic E-state index is 12.5. The molecule has 1 aromatic rings. The van der Waals surface area contributed by atoms with Crippen LogP contribution in [0.1, 0.15) is 48.9 Å². The highest BCUT2D eigenvalue weighted by molar-refractivity contribution is 5.94. The van der Waals surface area contributed by atoms with Crippen molar-refractivity contribution in [1.29, 1.82) is 0 Å². The second-order valence-corrected chi connectivity index (χ2v) is 7.25. The van der Waals surface area contributed by atoms with E-state index in [4.69, 9.17) is 9.47 Å². The van der Waals surface area contributed by atoms with Gasteiger partial charge in [0, 0.05) is 30.3 Å². The Kier molecular flexibility index (Phi) is 6.20. The zero-order valence-corrected chi connectivity index (χ0v) is 15.2. The van der Waals surface area contributed by atoms with Gasteiger partial charge in [-0.2, -0.15) is 0 Å². The zero-order chi connectivity index (χ0) is 16.4. The van der Waals surface area contributed by atoms with E-state index in [1.165, 1.54) is 12.8 Å². The molecule has 3 atom stereocenters. The molecule has 0 radical (unpaired) electrons. The minimum absolute atomic E-state index is 0. The van der Waals surface area contributed by atoms with E-state index in [-0.39, 0.29) is 30.5 Å². The van der Waals surface area contributed by atoms with Crippen LogP contribution < -0.4 is 15.4 Å². The lowest BCUT2D eigenvalue weighted by Gasteiger charge is -2.29. The highest BCUT2D eigenvalue weighted by atomic mass is 35.5. The van der Waals surface area contributed by atoms with Gasteiger partial charge in [-0.1, -0.05) is 6.07 Å². The van der Waals surface area contributed by atoms with Crippen molar-refractivity contribution in [3.63, 3.8) is 0 Å². The van der Waals surface area contributed by atoms with Crippen molar-refractivity contribution in [1.82, 2.24) is 10.6 Å². The van der Waals surface area contributed by atoms with Crippen LogP contribution in [0.2, 0.25) is 0 Å². The monoisotopic (exact) mass is 366 g/mol. The van der Waals surface area contributed by atoms with Gasteiger partial charge in [-0.05, 0) is 56.7 Å². The number of carbonyl (C=O) groups excluding carboxylic acids is 1. The molecular weight excluding hydrogens is 340 g/mol. The number of benzene rings is 1. The van der Waals surface area contributed by atoms with Crippen LogP contribution in [0.3, 0.4) is 0 Å². The van der Waals surface area contributed by atoms with Crippen LogP contribution in [0.15, 0.2) is 24.3 Å².